The lowest BCUT2D eigenvalue weighted by Crippen LogP contribution is -2.21. The van der Waals surface area contributed by atoms with Gasteiger partial charge in [-0.15, -0.1) is 0 Å². The highest BCUT2D eigenvalue weighted by molar-refractivity contribution is 6.40. The number of para-hydroxylation sites is 1. The summed E-state index contributed by atoms with van der Waals surface area (Å²) < 4.78 is 5.17. The van der Waals surface area contributed by atoms with Gasteiger partial charge in [-0.3, -0.25) is 9.78 Å². The summed E-state index contributed by atoms with van der Waals surface area (Å²) in [5, 5.41) is 3.90. The van der Waals surface area contributed by atoms with E-state index < -0.39 is 18.5 Å². The fourth-order valence-corrected chi connectivity index (χ4v) is 3.10. The number of pyridine rings is 1. The number of hydrogen-bond donors (Lipinski definition) is 1. The third-order valence-electron chi connectivity index (χ3n) is 3.95. The first-order chi connectivity index (χ1) is 12.9. The summed E-state index contributed by atoms with van der Waals surface area (Å²) in [7, 11) is 0. The number of fused-ring (bicyclic) bond motifs is 1. The molecule has 1 heterocycles. The van der Waals surface area contributed by atoms with Crippen molar-refractivity contribution in [2.45, 2.75) is 13.8 Å². The zero-order valence-corrected chi connectivity index (χ0v) is 16.2. The van der Waals surface area contributed by atoms with Gasteiger partial charge in [-0.1, -0.05) is 47.5 Å². The van der Waals surface area contributed by atoms with Gasteiger partial charge in [-0.25, -0.2) is 4.79 Å². The summed E-state index contributed by atoms with van der Waals surface area (Å²) >= 11 is 12.2. The molecule has 27 heavy (non-hydrogen) atoms. The molecule has 3 aromatic rings. The third-order valence-corrected chi connectivity index (χ3v) is 4.75. The highest BCUT2D eigenvalue weighted by atomic mass is 35.5. The van der Waals surface area contributed by atoms with Crippen LogP contribution in [0.4, 0.5) is 5.69 Å². The zero-order chi connectivity index (χ0) is 19.6. The van der Waals surface area contributed by atoms with Gasteiger partial charge < -0.3 is 10.1 Å². The van der Waals surface area contributed by atoms with Crippen molar-refractivity contribution < 1.29 is 14.3 Å². The SMILES string of the molecule is Cc1cc(C(=O)OCC(=O)Nc2c(Cl)ccc(C)c2Cl)c2ccccc2n1. The predicted octanol–water partition coefficient (Wildman–Crippen LogP) is 4.95. The smallest absolute Gasteiger partial charge is 0.339 e. The Morgan fingerprint density at radius 1 is 1.11 bits per heavy atom. The van der Waals surface area contributed by atoms with Crippen molar-refractivity contribution in [3.63, 3.8) is 0 Å². The lowest BCUT2D eigenvalue weighted by Gasteiger charge is -2.12. The predicted molar refractivity (Wildman–Crippen MR) is 107 cm³/mol. The molecular weight excluding hydrogens is 387 g/mol. The largest absolute Gasteiger partial charge is 0.452 e. The number of ether oxygens (including phenoxy) is 1. The van der Waals surface area contributed by atoms with Crippen LogP contribution >= 0.6 is 23.2 Å². The van der Waals surface area contributed by atoms with Crippen LogP contribution in [0.25, 0.3) is 10.9 Å². The molecule has 2 aromatic carbocycles. The molecule has 5 nitrogen and oxygen atoms in total. The van der Waals surface area contributed by atoms with Crippen LogP contribution in [0.15, 0.2) is 42.5 Å². The molecule has 1 N–H and O–H groups in total. The Hall–Kier alpha value is -2.63. The van der Waals surface area contributed by atoms with Crippen molar-refractivity contribution in [3.05, 3.63) is 69.3 Å². The molecule has 0 aliphatic rings. The molecule has 138 valence electrons. The number of nitrogens with zero attached hydrogens (tertiary/aromatic N) is 1. The van der Waals surface area contributed by atoms with Crippen molar-refractivity contribution in [3.8, 4) is 0 Å². The molecule has 0 saturated carbocycles. The molecule has 0 unspecified atom stereocenters. The van der Waals surface area contributed by atoms with E-state index in [-0.39, 0.29) is 0 Å². The lowest BCUT2D eigenvalue weighted by atomic mass is 10.1. The molecule has 0 radical (unpaired) electrons. The van der Waals surface area contributed by atoms with Crippen LogP contribution in [0.2, 0.25) is 10.0 Å². The van der Waals surface area contributed by atoms with Crippen molar-refractivity contribution in [1.29, 1.82) is 0 Å². The molecule has 1 aromatic heterocycles. The monoisotopic (exact) mass is 402 g/mol. The molecule has 0 aliphatic carbocycles. The molecule has 3 rings (SSSR count). The fourth-order valence-electron chi connectivity index (χ4n) is 2.63. The molecule has 0 aliphatic heterocycles. The number of aryl methyl sites for hydroxylation is 2. The second-order valence-electron chi connectivity index (χ2n) is 6.01. The first-order valence-electron chi connectivity index (χ1n) is 8.15. The van der Waals surface area contributed by atoms with E-state index in [0.29, 0.717) is 37.9 Å². The van der Waals surface area contributed by atoms with E-state index in [1.165, 1.54) is 0 Å². The summed E-state index contributed by atoms with van der Waals surface area (Å²) in [6.45, 7) is 3.12. The number of nitrogens with one attached hydrogen (secondary N) is 1. The first kappa shape index (κ1) is 19.1. The molecule has 1 amide bonds. The lowest BCUT2D eigenvalue weighted by molar-refractivity contribution is -0.119. The van der Waals surface area contributed by atoms with Crippen molar-refractivity contribution >= 4 is 51.7 Å². The molecule has 0 spiro atoms. The van der Waals surface area contributed by atoms with Crippen LogP contribution in [0.1, 0.15) is 21.6 Å². The van der Waals surface area contributed by atoms with E-state index in [4.69, 9.17) is 27.9 Å². The summed E-state index contributed by atoms with van der Waals surface area (Å²) in [4.78, 5) is 29.0. The van der Waals surface area contributed by atoms with Gasteiger partial charge in [0.25, 0.3) is 5.91 Å². The topological polar surface area (TPSA) is 68.3 Å². The van der Waals surface area contributed by atoms with E-state index in [1.807, 2.05) is 18.2 Å². The number of aromatic nitrogens is 1. The second kappa shape index (κ2) is 7.94. The third kappa shape index (κ3) is 4.21. The van der Waals surface area contributed by atoms with E-state index in [0.717, 1.165) is 5.56 Å². The van der Waals surface area contributed by atoms with Crippen molar-refractivity contribution in [2.24, 2.45) is 0 Å². The number of anilines is 1. The minimum absolute atomic E-state index is 0.296. The summed E-state index contributed by atoms with van der Waals surface area (Å²) in [5.41, 5.74) is 2.80. The average Bonchev–Trinajstić information content (AvgIpc) is 2.65. The number of benzene rings is 2. The number of carbonyl (C=O) groups is 2. The highest BCUT2D eigenvalue weighted by Gasteiger charge is 2.16. The number of halogens is 2. The van der Waals surface area contributed by atoms with Crippen LogP contribution in [0.3, 0.4) is 0 Å². The molecule has 0 fully saturated rings. The number of amides is 1. The van der Waals surface area contributed by atoms with E-state index in [2.05, 4.69) is 10.3 Å². The Kier molecular flexibility index (Phi) is 5.63. The van der Waals surface area contributed by atoms with Crippen LogP contribution < -0.4 is 5.32 Å². The normalized spacial score (nSPS) is 10.7. The van der Waals surface area contributed by atoms with Gasteiger partial charge in [-0.05, 0) is 37.6 Å². The van der Waals surface area contributed by atoms with Gasteiger partial charge in [0.05, 0.1) is 26.8 Å². The maximum atomic E-state index is 12.5. The summed E-state index contributed by atoms with van der Waals surface area (Å²) in [6, 6.07) is 12.3. The van der Waals surface area contributed by atoms with E-state index >= 15 is 0 Å². The maximum absolute atomic E-state index is 12.5. The Labute approximate surface area is 166 Å². The molecule has 7 heteroatoms. The standard InChI is InChI=1S/C20H16Cl2N2O3/c1-11-7-8-15(21)19(18(11)22)24-17(25)10-27-20(26)14-9-12(2)23-16-6-4-3-5-13(14)16/h3-9H,10H2,1-2H3,(H,24,25). The summed E-state index contributed by atoms with van der Waals surface area (Å²) in [6.07, 6.45) is 0. The minimum Gasteiger partial charge on any atom is -0.452 e. The van der Waals surface area contributed by atoms with Gasteiger partial charge in [0.15, 0.2) is 6.61 Å². The molecule has 0 saturated heterocycles. The van der Waals surface area contributed by atoms with Crippen LogP contribution in [0.5, 0.6) is 0 Å². The Bertz CT molecular complexity index is 1050. The van der Waals surface area contributed by atoms with Crippen LogP contribution in [0, 0.1) is 13.8 Å². The quantitative estimate of drug-likeness (QED) is 0.626. The van der Waals surface area contributed by atoms with Gasteiger partial charge in [-0.2, -0.15) is 0 Å². The average molecular weight is 403 g/mol. The number of hydrogen-bond acceptors (Lipinski definition) is 4. The number of carbonyl (C=O) groups excluding carboxylic acids is 2. The fraction of sp³-hybridized carbons (Fsp3) is 0.150. The summed E-state index contributed by atoms with van der Waals surface area (Å²) in [5.74, 6) is -1.14. The van der Waals surface area contributed by atoms with Crippen molar-refractivity contribution in [1.82, 2.24) is 4.98 Å². The van der Waals surface area contributed by atoms with Gasteiger partial charge >= 0.3 is 5.97 Å². The Morgan fingerprint density at radius 3 is 2.63 bits per heavy atom. The van der Waals surface area contributed by atoms with Gasteiger partial charge in [0.1, 0.15) is 0 Å². The van der Waals surface area contributed by atoms with Crippen molar-refractivity contribution in [2.75, 3.05) is 11.9 Å². The first-order valence-corrected chi connectivity index (χ1v) is 8.90. The van der Waals surface area contributed by atoms with E-state index in [1.54, 1.807) is 38.1 Å². The molecule has 0 atom stereocenters. The van der Waals surface area contributed by atoms with Crippen LogP contribution in [-0.4, -0.2) is 23.5 Å². The van der Waals surface area contributed by atoms with Gasteiger partial charge in [0, 0.05) is 11.1 Å². The number of esters is 1. The Morgan fingerprint density at radius 2 is 1.85 bits per heavy atom. The second-order valence-corrected chi connectivity index (χ2v) is 6.79. The van der Waals surface area contributed by atoms with E-state index in [9.17, 15) is 9.59 Å². The zero-order valence-electron chi connectivity index (χ0n) is 14.7. The highest BCUT2D eigenvalue weighted by Crippen LogP contribution is 2.32. The maximum Gasteiger partial charge on any atom is 0.339 e. The Balaban J connectivity index is 1.73. The van der Waals surface area contributed by atoms with Gasteiger partial charge in [0.2, 0.25) is 0 Å². The molecule has 0 bridgehead atoms. The number of rotatable bonds is 4. The van der Waals surface area contributed by atoms with Crippen LogP contribution in [-0.2, 0) is 9.53 Å². The minimum atomic E-state index is -0.603. The molecular formula is C20H16Cl2N2O3.